The zero-order valence-electron chi connectivity index (χ0n) is 22.9. The van der Waals surface area contributed by atoms with Crippen LogP contribution in [0.4, 0.5) is 0 Å². The van der Waals surface area contributed by atoms with Gasteiger partial charge in [-0.2, -0.15) is 0 Å². The molecule has 0 amide bonds. The number of aliphatic hydroxyl groups is 1. The van der Waals surface area contributed by atoms with E-state index in [4.69, 9.17) is 9.47 Å². The Morgan fingerprint density at radius 3 is 2.21 bits per heavy atom. The second-order valence-electron chi connectivity index (χ2n) is 14.8. The van der Waals surface area contributed by atoms with Gasteiger partial charge in [-0.25, -0.2) is 0 Å². The van der Waals surface area contributed by atoms with Gasteiger partial charge >= 0.3 is 0 Å². The van der Waals surface area contributed by atoms with Crippen molar-refractivity contribution in [2.45, 2.75) is 143 Å². The van der Waals surface area contributed by atoms with E-state index in [2.05, 4.69) is 55.4 Å². The van der Waals surface area contributed by atoms with Gasteiger partial charge in [0.2, 0.25) is 0 Å². The van der Waals surface area contributed by atoms with Crippen molar-refractivity contribution < 1.29 is 14.6 Å². The summed E-state index contributed by atoms with van der Waals surface area (Å²) in [6.07, 6.45) is 12.6. The summed E-state index contributed by atoms with van der Waals surface area (Å²) in [5.41, 5.74) is -0.00216. The molecule has 3 heteroatoms. The first-order chi connectivity index (χ1) is 15.2. The van der Waals surface area contributed by atoms with Crippen molar-refractivity contribution in [3.8, 4) is 0 Å². The molecule has 3 nitrogen and oxygen atoms in total. The Morgan fingerprint density at radius 1 is 0.848 bits per heavy atom. The van der Waals surface area contributed by atoms with Crippen LogP contribution in [0.3, 0.4) is 0 Å². The highest BCUT2D eigenvalue weighted by atomic mass is 16.6. The zero-order valence-corrected chi connectivity index (χ0v) is 22.9. The molecule has 9 atom stereocenters. The summed E-state index contributed by atoms with van der Waals surface area (Å²) >= 11 is 0. The van der Waals surface area contributed by atoms with Crippen LogP contribution >= 0.6 is 0 Å². The Morgan fingerprint density at radius 2 is 1.55 bits per heavy atom. The molecule has 5 aliphatic rings. The fourth-order valence-corrected chi connectivity index (χ4v) is 10.4. The van der Waals surface area contributed by atoms with Gasteiger partial charge in [0.05, 0.1) is 22.9 Å². The second kappa shape index (κ2) is 7.45. The molecule has 2 heterocycles. The van der Waals surface area contributed by atoms with Crippen molar-refractivity contribution in [3.63, 3.8) is 0 Å². The summed E-state index contributed by atoms with van der Waals surface area (Å²) in [6, 6.07) is 0. The fourth-order valence-electron chi connectivity index (χ4n) is 10.4. The van der Waals surface area contributed by atoms with Gasteiger partial charge in [0.25, 0.3) is 0 Å². The predicted octanol–water partition coefficient (Wildman–Crippen LogP) is 7.15. The smallest absolute Gasteiger partial charge is 0.0963 e. The molecule has 0 aromatic rings. The largest absolute Gasteiger partial charge is 0.387 e. The standard InChI is InChI=1S/C30H52O3/c1-20(11-12-24-25(2,3)33-24)21-13-15-29(8)22-14-16-30(31)23(10-9-19-32-26(30,4)5)27(22,6)17-18-28(21,29)7/h20-24,31H,9-19H2,1-8H3/t20-,21-,22-,23-,24?,27+,28-,29+,30-/m0/s1. The van der Waals surface area contributed by atoms with E-state index >= 15 is 0 Å². The maximum absolute atomic E-state index is 12.2. The van der Waals surface area contributed by atoms with Gasteiger partial charge in [0, 0.05) is 6.61 Å². The summed E-state index contributed by atoms with van der Waals surface area (Å²) in [4.78, 5) is 0. The van der Waals surface area contributed by atoms with Gasteiger partial charge in [-0.3, -0.25) is 0 Å². The Labute approximate surface area is 203 Å². The topological polar surface area (TPSA) is 42.0 Å². The van der Waals surface area contributed by atoms with Gasteiger partial charge in [0.1, 0.15) is 0 Å². The average molecular weight is 461 g/mol. The molecule has 2 saturated heterocycles. The highest BCUT2D eigenvalue weighted by molar-refractivity contribution is 5.20. The average Bonchev–Trinajstić information content (AvgIpc) is 3.27. The molecular weight excluding hydrogens is 408 g/mol. The van der Waals surface area contributed by atoms with E-state index in [-0.39, 0.29) is 11.0 Å². The van der Waals surface area contributed by atoms with Crippen LogP contribution in [0, 0.1) is 39.9 Å². The summed E-state index contributed by atoms with van der Waals surface area (Å²) in [5, 5.41) is 12.2. The van der Waals surface area contributed by atoms with Crippen LogP contribution in [0.5, 0.6) is 0 Å². The number of rotatable bonds is 4. The Balaban J connectivity index is 1.40. The summed E-state index contributed by atoms with van der Waals surface area (Å²) in [7, 11) is 0. The molecule has 2 aliphatic heterocycles. The van der Waals surface area contributed by atoms with Crippen LogP contribution in [-0.2, 0) is 9.47 Å². The molecule has 1 N–H and O–H groups in total. The zero-order chi connectivity index (χ0) is 24.1. The number of fused-ring (bicyclic) bond motifs is 5. The van der Waals surface area contributed by atoms with Gasteiger partial charge in [-0.1, -0.05) is 27.7 Å². The number of ether oxygens (including phenoxy) is 2. The maximum atomic E-state index is 12.2. The van der Waals surface area contributed by atoms with Crippen LogP contribution in [0.25, 0.3) is 0 Å². The molecule has 0 radical (unpaired) electrons. The van der Waals surface area contributed by atoms with E-state index < -0.39 is 11.2 Å². The molecule has 0 spiro atoms. The maximum Gasteiger partial charge on any atom is 0.0963 e. The molecule has 1 unspecified atom stereocenters. The molecular formula is C30H52O3. The first-order valence-corrected chi connectivity index (χ1v) is 14.3. The quantitative estimate of drug-likeness (QED) is 0.453. The number of epoxide rings is 1. The molecule has 5 fully saturated rings. The SMILES string of the molecule is C[C@@H](CCC1OC1(C)C)[C@@H]1CC[C@]2(C)[C@H]3CC[C@]4(O)[C@@H](CCCOC4(C)C)[C@]3(C)CC[C@@]12C. The van der Waals surface area contributed by atoms with Gasteiger partial charge < -0.3 is 14.6 Å². The summed E-state index contributed by atoms with van der Waals surface area (Å²) in [5.74, 6) is 2.66. The van der Waals surface area contributed by atoms with Gasteiger partial charge in [-0.15, -0.1) is 0 Å². The van der Waals surface area contributed by atoms with Crippen molar-refractivity contribution >= 4 is 0 Å². The minimum absolute atomic E-state index is 0.121. The van der Waals surface area contributed by atoms with E-state index in [1.807, 2.05) is 0 Å². The molecule has 190 valence electrons. The highest BCUT2D eigenvalue weighted by Gasteiger charge is 2.70. The highest BCUT2D eigenvalue weighted by Crippen LogP contribution is 2.75. The lowest BCUT2D eigenvalue weighted by atomic mass is 9.38. The van der Waals surface area contributed by atoms with E-state index in [0.29, 0.717) is 28.8 Å². The lowest BCUT2D eigenvalue weighted by molar-refractivity contribution is -0.258. The molecule has 3 aliphatic carbocycles. The third-order valence-corrected chi connectivity index (χ3v) is 12.9. The molecule has 0 aromatic carbocycles. The normalized spacial score (nSPS) is 53.4. The van der Waals surface area contributed by atoms with E-state index in [0.717, 1.165) is 44.1 Å². The van der Waals surface area contributed by atoms with Crippen LogP contribution in [0.15, 0.2) is 0 Å². The lowest BCUT2D eigenvalue weighted by Gasteiger charge is -2.68. The molecule has 3 saturated carbocycles. The Hall–Kier alpha value is -0.120. The van der Waals surface area contributed by atoms with Crippen molar-refractivity contribution in [1.29, 1.82) is 0 Å². The first-order valence-electron chi connectivity index (χ1n) is 14.3. The van der Waals surface area contributed by atoms with Gasteiger partial charge in [0.15, 0.2) is 0 Å². The third kappa shape index (κ3) is 3.30. The Bertz CT molecular complexity index is 775. The minimum Gasteiger partial charge on any atom is -0.387 e. The number of hydrogen-bond donors (Lipinski definition) is 1. The molecule has 0 bridgehead atoms. The lowest BCUT2D eigenvalue weighted by Crippen LogP contribution is -2.67. The van der Waals surface area contributed by atoms with Crippen LogP contribution in [0.2, 0.25) is 0 Å². The first kappa shape index (κ1) is 24.6. The van der Waals surface area contributed by atoms with Crippen molar-refractivity contribution in [3.05, 3.63) is 0 Å². The van der Waals surface area contributed by atoms with Crippen LogP contribution in [0.1, 0.15) is 120 Å². The van der Waals surface area contributed by atoms with Crippen molar-refractivity contribution in [1.82, 2.24) is 0 Å². The Kier molecular flexibility index (Phi) is 5.55. The second-order valence-corrected chi connectivity index (χ2v) is 14.8. The fraction of sp³-hybridized carbons (Fsp3) is 1.00. The van der Waals surface area contributed by atoms with Crippen molar-refractivity contribution in [2.24, 2.45) is 39.9 Å². The third-order valence-electron chi connectivity index (χ3n) is 12.9. The van der Waals surface area contributed by atoms with Gasteiger partial charge in [-0.05, 0) is 132 Å². The van der Waals surface area contributed by atoms with Crippen LogP contribution < -0.4 is 0 Å². The van der Waals surface area contributed by atoms with Crippen LogP contribution in [-0.4, -0.2) is 34.6 Å². The monoisotopic (exact) mass is 460 g/mol. The molecule has 33 heavy (non-hydrogen) atoms. The predicted molar refractivity (Wildman–Crippen MR) is 134 cm³/mol. The minimum atomic E-state index is -0.693. The summed E-state index contributed by atoms with van der Waals surface area (Å²) < 4.78 is 12.2. The number of hydrogen-bond acceptors (Lipinski definition) is 3. The molecule has 0 aromatic heterocycles. The molecule has 5 rings (SSSR count). The van der Waals surface area contributed by atoms with E-state index in [1.165, 1.54) is 38.5 Å². The summed E-state index contributed by atoms with van der Waals surface area (Å²) in [6.45, 7) is 20.0. The van der Waals surface area contributed by atoms with Crippen molar-refractivity contribution in [2.75, 3.05) is 6.61 Å². The van der Waals surface area contributed by atoms with E-state index in [9.17, 15) is 5.11 Å². The van der Waals surface area contributed by atoms with E-state index in [1.54, 1.807) is 0 Å².